The van der Waals surface area contributed by atoms with Gasteiger partial charge in [0.1, 0.15) is 5.58 Å². The van der Waals surface area contributed by atoms with E-state index in [-0.39, 0.29) is 17.6 Å². The Hall–Kier alpha value is -3.12. The van der Waals surface area contributed by atoms with Crippen LogP contribution in [0.4, 0.5) is 5.69 Å². The molecule has 6 nitrogen and oxygen atoms in total. The Bertz CT molecular complexity index is 1060. The zero-order valence-corrected chi connectivity index (χ0v) is 18.3. The van der Waals surface area contributed by atoms with Crippen LogP contribution in [0.1, 0.15) is 41.8 Å². The summed E-state index contributed by atoms with van der Waals surface area (Å²) < 4.78 is 5.62. The van der Waals surface area contributed by atoms with E-state index in [1.807, 2.05) is 53.4 Å². The largest absolute Gasteiger partial charge is 0.451 e. The molecule has 3 aromatic rings. The number of piperazine rings is 1. The number of hydrogen-bond donors (Lipinski definition) is 1. The third-order valence-corrected chi connectivity index (χ3v) is 6.72. The zero-order chi connectivity index (χ0) is 21.9. The second kappa shape index (κ2) is 9.17. The van der Waals surface area contributed by atoms with Crippen LogP contribution in [0.5, 0.6) is 0 Å². The van der Waals surface area contributed by atoms with Crippen molar-refractivity contribution in [3.63, 3.8) is 0 Å². The maximum Gasteiger partial charge on any atom is 0.291 e. The van der Waals surface area contributed by atoms with Gasteiger partial charge in [-0.05, 0) is 42.7 Å². The van der Waals surface area contributed by atoms with Crippen LogP contribution in [0.2, 0.25) is 0 Å². The number of anilines is 1. The Morgan fingerprint density at radius 3 is 2.38 bits per heavy atom. The van der Waals surface area contributed by atoms with Crippen LogP contribution in [0, 0.1) is 0 Å². The predicted molar refractivity (Wildman–Crippen MR) is 125 cm³/mol. The van der Waals surface area contributed by atoms with Crippen LogP contribution in [-0.4, -0.2) is 53.8 Å². The Morgan fingerprint density at radius 2 is 1.66 bits per heavy atom. The van der Waals surface area contributed by atoms with E-state index in [1.165, 1.54) is 25.7 Å². The van der Waals surface area contributed by atoms with Gasteiger partial charge in [0.25, 0.3) is 5.91 Å². The fourth-order valence-electron chi connectivity index (χ4n) is 4.88. The van der Waals surface area contributed by atoms with Gasteiger partial charge in [0.2, 0.25) is 5.91 Å². The lowest BCUT2D eigenvalue weighted by molar-refractivity contribution is -0.132. The summed E-state index contributed by atoms with van der Waals surface area (Å²) in [7, 11) is 0. The summed E-state index contributed by atoms with van der Waals surface area (Å²) in [5.41, 5.74) is 2.32. The summed E-state index contributed by atoms with van der Waals surface area (Å²) in [5, 5.41) is 3.76. The third-order valence-electron chi connectivity index (χ3n) is 6.72. The molecule has 1 saturated heterocycles. The lowest BCUT2D eigenvalue weighted by Crippen LogP contribution is -2.51. The van der Waals surface area contributed by atoms with Gasteiger partial charge in [0.05, 0.1) is 6.42 Å². The van der Waals surface area contributed by atoms with Crippen LogP contribution in [-0.2, 0) is 11.2 Å². The van der Waals surface area contributed by atoms with Crippen LogP contribution in [0.3, 0.4) is 0 Å². The van der Waals surface area contributed by atoms with Gasteiger partial charge in [-0.25, -0.2) is 0 Å². The van der Waals surface area contributed by atoms with Gasteiger partial charge in [-0.1, -0.05) is 43.2 Å². The summed E-state index contributed by atoms with van der Waals surface area (Å²) in [4.78, 5) is 29.8. The van der Waals surface area contributed by atoms with E-state index in [1.54, 1.807) is 6.07 Å². The molecule has 0 bridgehead atoms. The molecule has 0 spiro atoms. The molecule has 1 aliphatic heterocycles. The van der Waals surface area contributed by atoms with Gasteiger partial charge >= 0.3 is 0 Å². The molecule has 2 aromatic carbocycles. The molecule has 1 saturated carbocycles. The van der Waals surface area contributed by atoms with E-state index in [0.717, 1.165) is 43.2 Å². The minimum atomic E-state index is -0.287. The lowest BCUT2D eigenvalue weighted by atomic mass is 10.1. The highest BCUT2D eigenvalue weighted by molar-refractivity contribution is 6.04. The van der Waals surface area contributed by atoms with Crippen molar-refractivity contribution in [1.82, 2.24) is 9.80 Å². The summed E-state index contributed by atoms with van der Waals surface area (Å²) in [6.07, 6.45) is 5.71. The molecule has 1 aliphatic carbocycles. The second-order valence-electron chi connectivity index (χ2n) is 8.83. The summed E-state index contributed by atoms with van der Waals surface area (Å²) in [5.74, 6) is 0.169. The molecule has 6 heteroatoms. The standard InChI is InChI=1S/C26H29N3O3/c30-25(29-15-13-28(14-16-29)22-6-2-3-7-22)17-19-9-11-21(12-10-19)27-26(31)24-18-20-5-1-4-8-23(20)32-24/h1,4-5,8-12,18,22H,2-3,6-7,13-17H2,(H,27,31). The average Bonchev–Trinajstić information content (AvgIpc) is 3.51. The van der Waals surface area contributed by atoms with Crippen molar-refractivity contribution in [2.24, 2.45) is 0 Å². The molecule has 0 atom stereocenters. The highest BCUT2D eigenvalue weighted by Crippen LogP contribution is 2.24. The van der Waals surface area contributed by atoms with Gasteiger partial charge in [-0.2, -0.15) is 0 Å². The molecule has 32 heavy (non-hydrogen) atoms. The molecular formula is C26H29N3O3. The van der Waals surface area contributed by atoms with Crippen molar-refractivity contribution in [1.29, 1.82) is 0 Å². The molecule has 2 amide bonds. The number of nitrogens with one attached hydrogen (secondary N) is 1. The van der Waals surface area contributed by atoms with E-state index in [0.29, 0.717) is 17.7 Å². The lowest BCUT2D eigenvalue weighted by Gasteiger charge is -2.38. The second-order valence-corrected chi connectivity index (χ2v) is 8.83. The quantitative estimate of drug-likeness (QED) is 0.654. The van der Waals surface area contributed by atoms with E-state index in [2.05, 4.69) is 10.2 Å². The molecule has 1 N–H and O–H groups in total. The summed E-state index contributed by atoms with van der Waals surface area (Å²) in [6.45, 7) is 3.62. The highest BCUT2D eigenvalue weighted by atomic mass is 16.3. The normalized spacial score (nSPS) is 17.7. The first-order valence-corrected chi connectivity index (χ1v) is 11.6. The maximum absolute atomic E-state index is 12.8. The Balaban J connectivity index is 1.13. The molecule has 2 aliphatic rings. The van der Waals surface area contributed by atoms with Gasteiger partial charge in [0.15, 0.2) is 5.76 Å². The number of rotatable bonds is 5. The number of amides is 2. The third kappa shape index (κ3) is 4.55. The van der Waals surface area contributed by atoms with E-state index < -0.39 is 0 Å². The predicted octanol–water partition coefficient (Wildman–Crippen LogP) is 4.31. The molecule has 1 aromatic heterocycles. The van der Waals surface area contributed by atoms with E-state index in [9.17, 15) is 9.59 Å². The maximum atomic E-state index is 12.8. The van der Waals surface area contributed by atoms with Gasteiger partial charge in [-0.3, -0.25) is 14.5 Å². The number of nitrogens with zero attached hydrogens (tertiary/aromatic N) is 2. The number of fused-ring (bicyclic) bond motifs is 1. The van der Waals surface area contributed by atoms with Crippen molar-refractivity contribution < 1.29 is 14.0 Å². The van der Waals surface area contributed by atoms with Crippen LogP contribution < -0.4 is 5.32 Å². The number of hydrogen-bond acceptors (Lipinski definition) is 4. The summed E-state index contributed by atoms with van der Waals surface area (Å²) in [6, 6.07) is 17.5. The number of carbonyl (C=O) groups is 2. The Labute approximate surface area is 188 Å². The fraction of sp³-hybridized carbons (Fsp3) is 0.385. The smallest absolute Gasteiger partial charge is 0.291 e. The Kier molecular flexibility index (Phi) is 5.95. The topological polar surface area (TPSA) is 65.8 Å². The van der Waals surface area contributed by atoms with Crippen LogP contribution >= 0.6 is 0 Å². The summed E-state index contributed by atoms with van der Waals surface area (Å²) >= 11 is 0. The molecular weight excluding hydrogens is 402 g/mol. The molecule has 0 radical (unpaired) electrons. The van der Waals surface area contributed by atoms with Gasteiger partial charge in [-0.15, -0.1) is 0 Å². The van der Waals surface area contributed by atoms with E-state index in [4.69, 9.17) is 4.42 Å². The average molecular weight is 432 g/mol. The molecule has 5 rings (SSSR count). The monoisotopic (exact) mass is 431 g/mol. The highest BCUT2D eigenvalue weighted by Gasteiger charge is 2.27. The number of furan rings is 1. The SMILES string of the molecule is O=C(Nc1ccc(CC(=O)N2CCN(C3CCCC3)CC2)cc1)c1cc2ccccc2o1. The number of para-hydroxylation sites is 1. The number of benzene rings is 2. The molecule has 2 fully saturated rings. The molecule has 2 heterocycles. The molecule has 0 unspecified atom stereocenters. The van der Waals surface area contributed by atoms with Gasteiger partial charge < -0.3 is 14.6 Å². The van der Waals surface area contributed by atoms with Crippen molar-refractivity contribution in [2.45, 2.75) is 38.1 Å². The van der Waals surface area contributed by atoms with Crippen LogP contribution in [0.15, 0.2) is 59.0 Å². The van der Waals surface area contributed by atoms with Crippen molar-refractivity contribution >= 4 is 28.5 Å². The minimum absolute atomic E-state index is 0.176. The van der Waals surface area contributed by atoms with E-state index >= 15 is 0 Å². The zero-order valence-electron chi connectivity index (χ0n) is 18.3. The van der Waals surface area contributed by atoms with Gasteiger partial charge in [0, 0.05) is 43.3 Å². The first-order chi connectivity index (χ1) is 15.7. The van der Waals surface area contributed by atoms with Crippen molar-refractivity contribution in [2.75, 3.05) is 31.5 Å². The first kappa shape index (κ1) is 20.8. The Morgan fingerprint density at radius 1 is 0.938 bits per heavy atom. The van der Waals surface area contributed by atoms with Crippen molar-refractivity contribution in [3.8, 4) is 0 Å². The van der Waals surface area contributed by atoms with Crippen molar-refractivity contribution in [3.05, 3.63) is 65.9 Å². The van der Waals surface area contributed by atoms with Crippen LogP contribution in [0.25, 0.3) is 11.0 Å². The minimum Gasteiger partial charge on any atom is -0.451 e. The first-order valence-electron chi connectivity index (χ1n) is 11.6. The fourth-order valence-corrected chi connectivity index (χ4v) is 4.88. The molecule has 166 valence electrons. The number of carbonyl (C=O) groups excluding carboxylic acids is 2.